The van der Waals surface area contributed by atoms with Gasteiger partial charge in [0.2, 0.25) is 0 Å². The third kappa shape index (κ3) is 2.85. The number of furan rings is 1. The van der Waals surface area contributed by atoms with Crippen LogP contribution in [-0.2, 0) is 0 Å². The topological polar surface area (TPSA) is 42.2 Å². The number of hydrogen-bond acceptors (Lipinski definition) is 2. The summed E-state index contributed by atoms with van der Waals surface area (Å²) in [5, 5.41) is 4.35. The summed E-state index contributed by atoms with van der Waals surface area (Å²) in [4.78, 5) is 12.4. The molecule has 0 unspecified atom stereocenters. The van der Waals surface area contributed by atoms with Crippen molar-refractivity contribution in [3.8, 4) is 0 Å². The van der Waals surface area contributed by atoms with Crippen molar-refractivity contribution < 1.29 is 9.21 Å². The number of carbonyl (C=O) groups is 1. The molecule has 22 heavy (non-hydrogen) atoms. The first-order valence-corrected chi connectivity index (χ1v) is 7.52. The highest BCUT2D eigenvalue weighted by molar-refractivity contribution is 6.31. The molecule has 1 aromatic heterocycles. The van der Waals surface area contributed by atoms with Crippen molar-refractivity contribution in [1.82, 2.24) is 0 Å². The molecule has 0 saturated heterocycles. The summed E-state index contributed by atoms with van der Waals surface area (Å²) in [7, 11) is 0. The predicted octanol–water partition coefficient (Wildman–Crippen LogP) is 5.46. The van der Waals surface area contributed by atoms with Crippen LogP contribution in [0.1, 0.15) is 35.9 Å². The van der Waals surface area contributed by atoms with Crippen molar-refractivity contribution >= 4 is 34.2 Å². The molecule has 1 N–H and O–H groups in total. The lowest BCUT2D eigenvalue weighted by molar-refractivity contribution is 0.0998. The van der Waals surface area contributed by atoms with Gasteiger partial charge in [0.1, 0.15) is 5.58 Å². The zero-order chi connectivity index (χ0) is 15.7. The molecule has 2 aromatic carbocycles. The fraction of sp³-hybridized carbons (Fsp3) is 0.167. The summed E-state index contributed by atoms with van der Waals surface area (Å²) < 4.78 is 5.59. The Hall–Kier alpha value is -2.26. The molecule has 4 heteroatoms. The predicted molar refractivity (Wildman–Crippen MR) is 89.7 cm³/mol. The molecule has 1 heterocycles. The van der Waals surface area contributed by atoms with Crippen molar-refractivity contribution in [2.45, 2.75) is 19.8 Å². The SMILES string of the molecule is CC(C)c1ccccc1NC(=O)c1cc2cc(Cl)ccc2o1. The van der Waals surface area contributed by atoms with Crippen molar-refractivity contribution in [2.24, 2.45) is 0 Å². The van der Waals surface area contributed by atoms with Gasteiger partial charge in [-0.05, 0) is 41.8 Å². The quantitative estimate of drug-likeness (QED) is 0.697. The van der Waals surface area contributed by atoms with Crippen LogP contribution in [0, 0.1) is 0 Å². The van der Waals surface area contributed by atoms with E-state index >= 15 is 0 Å². The molecule has 0 aliphatic rings. The van der Waals surface area contributed by atoms with E-state index in [4.69, 9.17) is 16.0 Å². The number of fused-ring (bicyclic) bond motifs is 1. The van der Waals surface area contributed by atoms with Crippen LogP contribution in [0.5, 0.6) is 0 Å². The van der Waals surface area contributed by atoms with Crippen LogP contribution in [-0.4, -0.2) is 5.91 Å². The molecule has 112 valence electrons. The fourth-order valence-electron chi connectivity index (χ4n) is 2.42. The molecule has 0 aliphatic carbocycles. The molecule has 0 aliphatic heterocycles. The van der Waals surface area contributed by atoms with Crippen LogP contribution in [0.25, 0.3) is 11.0 Å². The molecule has 0 fully saturated rings. The second kappa shape index (κ2) is 5.85. The van der Waals surface area contributed by atoms with Crippen molar-refractivity contribution in [1.29, 1.82) is 0 Å². The first-order valence-electron chi connectivity index (χ1n) is 7.14. The van der Waals surface area contributed by atoms with Crippen LogP contribution >= 0.6 is 11.6 Å². The molecule has 1 amide bonds. The van der Waals surface area contributed by atoms with Crippen LogP contribution < -0.4 is 5.32 Å². The normalized spacial score (nSPS) is 11.1. The summed E-state index contributed by atoms with van der Waals surface area (Å²) in [5.74, 6) is 0.335. The van der Waals surface area contributed by atoms with Crippen LogP contribution in [0.15, 0.2) is 52.9 Å². The second-order valence-electron chi connectivity index (χ2n) is 5.49. The maximum atomic E-state index is 12.4. The number of carbonyl (C=O) groups excluding carboxylic acids is 1. The highest BCUT2D eigenvalue weighted by Crippen LogP contribution is 2.26. The van der Waals surface area contributed by atoms with E-state index < -0.39 is 0 Å². The Morgan fingerprint density at radius 2 is 1.91 bits per heavy atom. The minimum atomic E-state index is -0.263. The summed E-state index contributed by atoms with van der Waals surface area (Å²) in [6.45, 7) is 4.18. The molecule has 0 spiro atoms. The van der Waals surface area contributed by atoms with Crippen LogP contribution in [0.3, 0.4) is 0 Å². The van der Waals surface area contributed by atoms with E-state index in [1.807, 2.05) is 24.3 Å². The largest absolute Gasteiger partial charge is 0.451 e. The van der Waals surface area contributed by atoms with Gasteiger partial charge in [-0.25, -0.2) is 0 Å². The number of amides is 1. The van der Waals surface area contributed by atoms with Gasteiger partial charge in [-0.1, -0.05) is 43.6 Å². The molecule has 0 saturated carbocycles. The smallest absolute Gasteiger partial charge is 0.291 e. The average Bonchev–Trinajstić information content (AvgIpc) is 2.90. The Morgan fingerprint density at radius 3 is 2.68 bits per heavy atom. The number of benzene rings is 2. The highest BCUT2D eigenvalue weighted by Gasteiger charge is 2.15. The van der Waals surface area contributed by atoms with Crippen LogP contribution in [0.2, 0.25) is 5.02 Å². The average molecular weight is 314 g/mol. The van der Waals surface area contributed by atoms with E-state index in [9.17, 15) is 4.79 Å². The standard InChI is InChI=1S/C18H16ClNO2/c1-11(2)14-5-3-4-6-15(14)20-18(21)17-10-12-9-13(19)7-8-16(12)22-17/h3-11H,1-2H3,(H,20,21). The van der Waals surface area contributed by atoms with Gasteiger partial charge in [-0.2, -0.15) is 0 Å². The lowest BCUT2D eigenvalue weighted by atomic mass is 10.0. The monoisotopic (exact) mass is 313 g/mol. The van der Waals surface area contributed by atoms with E-state index in [1.54, 1.807) is 24.3 Å². The number of anilines is 1. The Labute approximate surface area is 133 Å². The number of nitrogens with one attached hydrogen (secondary N) is 1. The minimum absolute atomic E-state index is 0.263. The summed E-state index contributed by atoms with van der Waals surface area (Å²) in [6.07, 6.45) is 0. The summed E-state index contributed by atoms with van der Waals surface area (Å²) >= 11 is 5.95. The third-order valence-electron chi connectivity index (χ3n) is 3.53. The van der Waals surface area contributed by atoms with Gasteiger partial charge in [-0.3, -0.25) is 4.79 Å². The van der Waals surface area contributed by atoms with Gasteiger partial charge in [0.15, 0.2) is 5.76 Å². The van der Waals surface area contributed by atoms with Gasteiger partial charge < -0.3 is 9.73 Å². The van der Waals surface area contributed by atoms with Crippen molar-refractivity contribution in [2.75, 3.05) is 5.32 Å². The number of para-hydroxylation sites is 1. The lowest BCUT2D eigenvalue weighted by Crippen LogP contribution is -2.12. The first kappa shape index (κ1) is 14.7. The molecular weight excluding hydrogens is 298 g/mol. The van der Waals surface area contributed by atoms with E-state index in [0.717, 1.165) is 16.6 Å². The highest BCUT2D eigenvalue weighted by atomic mass is 35.5. The first-order chi connectivity index (χ1) is 10.5. The van der Waals surface area contributed by atoms with E-state index in [1.165, 1.54) is 0 Å². The zero-order valence-corrected chi connectivity index (χ0v) is 13.1. The third-order valence-corrected chi connectivity index (χ3v) is 3.77. The molecule has 3 rings (SSSR count). The molecule has 3 nitrogen and oxygen atoms in total. The number of rotatable bonds is 3. The minimum Gasteiger partial charge on any atom is -0.451 e. The Kier molecular flexibility index (Phi) is 3.90. The van der Waals surface area contributed by atoms with Crippen molar-refractivity contribution in [3.63, 3.8) is 0 Å². The Balaban J connectivity index is 1.90. The lowest BCUT2D eigenvalue weighted by Gasteiger charge is -2.12. The van der Waals surface area contributed by atoms with E-state index in [2.05, 4.69) is 19.2 Å². The van der Waals surface area contributed by atoms with Gasteiger partial charge in [-0.15, -0.1) is 0 Å². The van der Waals surface area contributed by atoms with E-state index in [0.29, 0.717) is 16.5 Å². The van der Waals surface area contributed by atoms with Gasteiger partial charge in [0.25, 0.3) is 5.91 Å². The van der Waals surface area contributed by atoms with E-state index in [-0.39, 0.29) is 11.7 Å². The van der Waals surface area contributed by atoms with Gasteiger partial charge in [0, 0.05) is 16.1 Å². The molecular formula is C18H16ClNO2. The van der Waals surface area contributed by atoms with Crippen molar-refractivity contribution in [3.05, 3.63) is 64.9 Å². The second-order valence-corrected chi connectivity index (χ2v) is 5.93. The molecule has 0 radical (unpaired) electrons. The Morgan fingerprint density at radius 1 is 1.14 bits per heavy atom. The summed E-state index contributed by atoms with van der Waals surface area (Å²) in [5.41, 5.74) is 2.54. The van der Waals surface area contributed by atoms with Crippen LogP contribution in [0.4, 0.5) is 5.69 Å². The van der Waals surface area contributed by atoms with Gasteiger partial charge in [0.05, 0.1) is 0 Å². The Bertz CT molecular complexity index is 836. The van der Waals surface area contributed by atoms with Gasteiger partial charge >= 0.3 is 0 Å². The maximum Gasteiger partial charge on any atom is 0.291 e. The molecule has 0 atom stereocenters. The fourth-order valence-corrected chi connectivity index (χ4v) is 2.60. The molecule has 0 bridgehead atoms. The number of hydrogen-bond donors (Lipinski definition) is 1. The molecule has 3 aromatic rings. The number of halogens is 1. The maximum absolute atomic E-state index is 12.4. The summed E-state index contributed by atoms with van der Waals surface area (Å²) in [6, 6.07) is 14.8. The zero-order valence-electron chi connectivity index (χ0n) is 12.4.